The van der Waals surface area contributed by atoms with E-state index in [1.54, 1.807) is 0 Å². The summed E-state index contributed by atoms with van der Waals surface area (Å²) in [5, 5.41) is 0. The van der Waals surface area contributed by atoms with Crippen LogP contribution in [-0.2, 0) is 0 Å². The Kier molecular flexibility index (Phi) is 5.20. The van der Waals surface area contributed by atoms with Gasteiger partial charge in [-0.05, 0) is 0 Å². The van der Waals surface area contributed by atoms with Crippen LogP contribution >= 0.6 is 0 Å². The van der Waals surface area contributed by atoms with Gasteiger partial charge in [0, 0.05) is 0 Å². The summed E-state index contributed by atoms with van der Waals surface area (Å²) in [5.74, 6) is 20.4. The van der Waals surface area contributed by atoms with Crippen LogP contribution in [0, 0.1) is 21.3 Å². The van der Waals surface area contributed by atoms with Crippen LogP contribution in [-0.4, -0.2) is 26.5 Å². The molecule has 0 aliphatic rings. The van der Waals surface area contributed by atoms with Gasteiger partial charge in [-0.2, -0.15) is 0 Å². The zero-order valence-electron chi connectivity index (χ0n) is 12.3. The van der Waals surface area contributed by atoms with Crippen LogP contribution in [0.1, 0.15) is 11.1 Å². The number of hydrogen-bond donors (Lipinski definition) is 0. The van der Waals surface area contributed by atoms with Crippen LogP contribution < -0.4 is 0 Å². The summed E-state index contributed by atoms with van der Waals surface area (Å²) in [5.41, 5.74) is 2.22. The molecular weight excluding hydrogens is 337 g/mol. The molecule has 0 aliphatic carbocycles. The molecule has 0 spiro atoms. The summed E-state index contributed by atoms with van der Waals surface area (Å²) in [7, 11) is 0. The fourth-order valence-electron chi connectivity index (χ4n) is 1.16. The molecule has 0 amide bonds. The van der Waals surface area contributed by atoms with E-state index in [-0.39, 0.29) is 0 Å². The van der Waals surface area contributed by atoms with E-state index in [0.29, 0.717) is 0 Å². The van der Waals surface area contributed by atoms with Crippen LogP contribution in [0.3, 0.4) is 0 Å². The molecule has 18 heavy (non-hydrogen) atoms. The summed E-state index contributed by atoms with van der Waals surface area (Å²) in [6, 6.07) is 8.34. The number of rotatable bonds is 0. The van der Waals surface area contributed by atoms with E-state index in [0.717, 1.165) is 11.1 Å². The first-order valence-electron chi connectivity index (χ1n) is 6.32. The molecule has 0 N–H and O–H groups in total. The molecule has 1 aromatic carbocycles. The number of benzene rings is 1. The maximum atomic E-state index is 3.42. The molecular formula is C16H22Ge2. The van der Waals surface area contributed by atoms with Crippen molar-refractivity contribution in [2.24, 2.45) is 0 Å². The Labute approximate surface area is 117 Å². The van der Waals surface area contributed by atoms with Gasteiger partial charge < -0.3 is 0 Å². The van der Waals surface area contributed by atoms with Crippen LogP contribution in [0.2, 0.25) is 34.5 Å². The van der Waals surface area contributed by atoms with Gasteiger partial charge in [-0.1, -0.05) is 0 Å². The van der Waals surface area contributed by atoms with Crippen molar-refractivity contribution in [3.05, 3.63) is 35.4 Å². The third-order valence-electron chi connectivity index (χ3n) is 2.05. The molecule has 0 aromatic heterocycles. The molecule has 0 fully saturated rings. The Balaban J connectivity index is 2.86. The quantitative estimate of drug-likeness (QED) is 0.482. The third kappa shape index (κ3) is 6.99. The second-order valence-corrected chi connectivity index (χ2v) is 26.5. The molecule has 0 radical (unpaired) electrons. The fraction of sp³-hybridized carbons (Fsp3) is 0.375. The summed E-state index contributed by atoms with van der Waals surface area (Å²) in [6.07, 6.45) is 0. The first-order chi connectivity index (χ1) is 8.16. The van der Waals surface area contributed by atoms with Crippen molar-refractivity contribution in [1.29, 1.82) is 0 Å². The summed E-state index contributed by atoms with van der Waals surface area (Å²) in [6.45, 7) is 0. The van der Waals surface area contributed by atoms with Gasteiger partial charge >= 0.3 is 118 Å². The van der Waals surface area contributed by atoms with Crippen molar-refractivity contribution in [3.8, 4) is 21.3 Å². The van der Waals surface area contributed by atoms with Gasteiger partial charge in [-0.25, -0.2) is 0 Å². The molecule has 0 atom stereocenters. The minimum atomic E-state index is -1.74. The molecule has 0 nitrogen and oxygen atoms in total. The van der Waals surface area contributed by atoms with E-state index in [1.807, 2.05) is 0 Å². The summed E-state index contributed by atoms with van der Waals surface area (Å²) in [4.78, 5) is 0. The molecule has 94 valence electrons. The molecule has 1 rings (SSSR count). The zero-order valence-corrected chi connectivity index (χ0v) is 16.5. The van der Waals surface area contributed by atoms with Gasteiger partial charge in [0.1, 0.15) is 0 Å². The molecule has 0 unspecified atom stereocenters. The van der Waals surface area contributed by atoms with Crippen molar-refractivity contribution in [2.75, 3.05) is 0 Å². The predicted octanol–water partition coefficient (Wildman–Crippen LogP) is 4.14. The van der Waals surface area contributed by atoms with Crippen LogP contribution in [0.5, 0.6) is 0 Å². The zero-order chi connectivity index (χ0) is 13.8. The molecule has 0 aliphatic heterocycles. The van der Waals surface area contributed by atoms with Gasteiger partial charge in [0.05, 0.1) is 0 Å². The van der Waals surface area contributed by atoms with Gasteiger partial charge in [0.2, 0.25) is 0 Å². The average molecular weight is 360 g/mol. The average Bonchev–Trinajstić information content (AvgIpc) is 2.23. The Morgan fingerprint density at radius 1 is 0.611 bits per heavy atom. The molecule has 0 heterocycles. The Morgan fingerprint density at radius 3 is 1.11 bits per heavy atom. The minimum absolute atomic E-state index is 1.11. The standard InChI is InChI=1S/C16H22Ge2/c1-17(2,3)13-11-15-7-9-16(10-8-15)12-14-18(4,5)6/h7-10H,1-6H3. The summed E-state index contributed by atoms with van der Waals surface area (Å²) < 4.78 is 6.85. The fourth-order valence-corrected chi connectivity index (χ4v) is 3.34. The molecule has 0 saturated heterocycles. The second-order valence-electron chi connectivity index (χ2n) is 6.58. The first kappa shape index (κ1) is 15.5. The van der Waals surface area contributed by atoms with Crippen molar-refractivity contribution in [2.45, 2.75) is 34.5 Å². The van der Waals surface area contributed by atoms with E-state index >= 15 is 0 Å². The van der Waals surface area contributed by atoms with Crippen molar-refractivity contribution < 1.29 is 0 Å². The van der Waals surface area contributed by atoms with Crippen molar-refractivity contribution in [3.63, 3.8) is 0 Å². The molecule has 0 saturated carbocycles. The van der Waals surface area contributed by atoms with Gasteiger partial charge in [-0.15, -0.1) is 0 Å². The van der Waals surface area contributed by atoms with E-state index in [2.05, 4.69) is 80.1 Å². The topological polar surface area (TPSA) is 0 Å². The van der Waals surface area contributed by atoms with Crippen LogP contribution in [0.15, 0.2) is 24.3 Å². The van der Waals surface area contributed by atoms with Crippen LogP contribution in [0.4, 0.5) is 0 Å². The molecule has 2 heteroatoms. The van der Waals surface area contributed by atoms with E-state index in [1.165, 1.54) is 0 Å². The molecule has 1 aromatic rings. The molecule has 0 bridgehead atoms. The Hall–Kier alpha value is -0.574. The van der Waals surface area contributed by atoms with Crippen molar-refractivity contribution in [1.82, 2.24) is 0 Å². The number of hydrogen-bond acceptors (Lipinski definition) is 0. The van der Waals surface area contributed by atoms with E-state index in [9.17, 15) is 0 Å². The SMILES string of the molecule is [CH3][Ge]([CH3])([CH3])[C]#Cc1ccc(C#[C][Ge]([CH3])([CH3])[CH3])cc1. The van der Waals surface area contributed by atoms with Crippen molar-refractivity contribution >= 4 is 26.5 Å². The normalized spacial score (nSPS) is 11.0. The second kappa shape index (κ2) is 6.05. The van der Waals surface area contributed by atoms with Gasteiger partial charge in [0.15, 0.2) is 0 Å². The van der Waals surface area contributed by atoms with E-state index in [4.69, 9.17) is 0 Å². The Morgan fingerprint density at radius 2 is 0.889 bits per heavy atom. The maximum absolute atomic E-state index is 3.42. The first-order valence-corrected chi connectivity index (χ1v) is 21.0. The third-order valence-corrected chi connectivity index (χ3v) is 5.72. The summed E-state index contributed by atoms with van der Waals surface area (Å²) >= 11 is -3.48. The van der Waals surface area contributed by atoms with Gasteiger partial charge in [-0.3, -0.25) is 0 Å². The van der Waals surface area contributed by atoms with E-state index < -0.39 is 26.5 Å². The van der Waals surface area contributed by atoms with Crippen LogP contribution in [0.25, 0.3) is 0 Å². The predicted molar refractivity (Wildman–Crippen MR) is 86.9 cm³/mol. The monoisotopic (exact) mass is 362 g/mol. The Bertz CT molecular complexity index is 466. The van der Waals surface area contributed by atoms with Gasteiger partial charge in [0.25, 0.3) is 0 Å².